The van der Waals surface area contributed by atoms with E-state index in [2.05, 4.69) is 5.10 Å². The molecule has 2 aliphatic heterocycles. The summed E-state index contributed by atoms with van der Waals surface area (Å²) in [5.74, 6) is -0.839. The number of nitrogens with zero attached hydrogens (tertiary/aromatic N) is 3. The predicted molar refractivity (Wildman–Crippen MR) is 186 cm³/mol. The maximum Gasteiger partial charge on any atom is 0.279 e. The van der Waals surface area contributed by atoms with E-state index in [1.54, 1.807) is 53.1 Å². The molecule has 0 spiro atoms. The second-order valence-corrected chi connectivity index (χ2v) is 12.8. The first-order valence-corrected chi connectivity index (χ1v) is 16.4. The van der Waals surface area contributed by atoms with Crippen LogP contribution in [0.3, 0.4) is 0 Å². The number of H-pyrrole nitrogens is 1. The van der Waals surface area contributed by atoms with Gasteiger partial charge in [-0.2, -0.15) is 0 Å². The summed E-state index contributed by atoms with van der Waals surface area (Å²) >= 11 is 0. The molecule has 10 nitrogen and oxygen atoms in total. The number of rotatable bonds is 9. The molecular formula is C39H38N4O6. The van der Waals surface area contributed by atoms with Gasteiger partial charge in [-0.15, -0.1) is 0 Å². The monoisotopic (exact) mass is 658 g/mol. The van der Waals surface area contributed by atoms with Crippen molar-refractivity contribution < 1.29 is 24.5 Å². The highest BCUT2D eigenvalue weighted by Gasteiger charge is 2.52. The maximum absolute atomic E-state index is 14.2. The van der Waals surface area contributed by atoms with Crippen molar-refractivity contribution in [3.05, 3.63) is 136 Å². The highest BCUT2D eigenvalue weighted by atomic mass is 16.5. The van der Waals surface area contributed by atoms with Gasteiger partial charge in [-0.1, -0.05) is 67.6 Å². The second kappa shape index (κ2) is 12.9. The van der Waals surface area contributed by atoms with Crippen LogP contribution >= 0.6 is 0 Å². The lowest BCUT2D eigenvalue weighted by atomic mass is 9.82. The molecular weight excluding hydrogens is 620 g/mol. The van der Waals surface area contributed by atoms with Crippen LogP contribution in [0.15, 0.2) is 108 Å². The molecule has 3 atom stereocenters. The number of benzene rings is 4. The lowest BCUT2D eigenvalue weighted by Crippen LogP contribution is -2.46. The van der Waals surface area contributed by atoms with E-state index in [1.807, 2.05) is 66.7 Å². The fourth-order valence-electron chi connectivity index (χ4n) is 7.10. The molecule has 250 valence electrons. The molecule has 49 heavy (non-hydrogen) atoms. The molecule has 0 saturated carbocycles. The molecule has 3 heterocycles. The quantitative estimate of drug-likeness (QED) is 0.199. The Morgan fingerprint density at radius 1 is 1.02 bits per heavy atom. The van der Waals surface area contributed by atoms with Gasteiger partial charge in [0.1, 0.15) is 5.75 Å². The van der Waals surface area contributed by atoms with Crippen molar-refractivity contribution in [2.75, 3.05) is 18.6 Å². The number of carbonyl (C=O) groups is 2. The Balaban J connectivity index is 1.13. The van der Waals surface area contributed by atoms with Crippen molar-refractivity contribution in [2.45, 2.75) is 44.5 Å². The van der Waals surface area contributed by atoms with Crippen LogP contribution in [0, 0.1) is 5.92 Å². The summed E-state index contributed by atoms with van der Waals surface area (Å²) < 4.78 is 6.94. The number of aliphatic hydroxyl groups is 2. The number of fused-ring (bicyclic) bond motifs is 3. The number of ether oxygens (including phenoxy) is 1. The number of methoxy groups -OCH3 is 1. The largest absolute Gasteiger partial charge is 0.497 e. The van der Waals surface area contributed by atoms with Gasteiger partial charge in [0.15, 0.2) is 5.60 Å². The first-order valence-electron chi connectivity index (χ1n) is 16.4. The molecule has 2 aliphatic rings. The molecule has 2 amide bonds. The first kappa shape index (κ1) is 32.1. The number of hydrogen-bond acceptors (Lipinski definition) is 6. The molecule has 0 saturated heterocycles. The minimum absolute atomic E-state index is 0.0574. The van der Waals surface area contributed by atoms with Gasteiger partial charge in [0.25, 0.3) is 11.5 Å². The summed E-state index contributed by atoms with van der Waals surface area (Å²) in [6, 6.07) is 27.5. The normalized spacial score (nSPS) is 19.3. The smallest absolute Gasteiger partial charge is 0.279 e. The number of aromatic amines is 1. The van der Waals surface area contributed by atoms with Crippen molar-refractivity contribution >= 4 is 28.4 Å². The molecule has 5 aromatic rings. The van der Waals surface area contributed by atoms with Crippen LogP contribution in [-0.4, -0.2) is 56.5 Å². The van der Waals surface area contributed by atoms with Gasteiger partial charge in [-0.3, -0.25) is 19.5 Å². The van der Waals surface area contributed by atoms with Gasteiger partial charge in [0, 0.05) is 24.4 Å². The number of aliphatic hydroxyl groups excluding tert-OH is 1. The van der Waals surface area contributed by atoms with Crippen molar-refractivity contribution in [3.63, 3.8) is 0 Å². The van der Waals surface area contributed by atoms with Crippen LogP contribution in [0.5, 0.6) is 5.75 Å². The number of para-hydroxylation sites is 1. The van der Waals surface area contributed by atoms with Gasteiger partial charge in [0.05, 0.1) is 48.6 Å². The summed E-state index contributed by atoms with van der Waals surface area (Å²) in [6.45, 7) is 2.19. The van der Waals surface area contributed by atoms with E-state index >= 15 is 0 Å². The van der Waals surface area contributed by atoms with Crippen molar-refractivity contribution in [2.24, 2.45) is 5.92 Å². The zero-order valence-electron chi connectivity index (χ0n) is 27.4. The number of amides is 2. The summed E-state index contributed by atoms with van der Waals surface area (Å²) in [5, 5.41) is 26.0. The van der Waals surface area contributed by atoms with Crippen LogP contribution in [0.1, 0.15) is 35.6 Å². The maximum atomic E-state index is 14.2. The Morgan fingerprint density at radius 3 is 2.57 bits per heavy atom. The number of hydrogen-bond donors (Lipinski definition) is 3. The van der Waals surface area contributed by atoms with Crippen LogP contribution in [0.25, 0.3) is 16.6 Å². The molecule has 3 N–H and O–H groups in total. The van der Waals surface area contributed by atoms with E-state index in [9.17, 15) is 24.6 Å². The molecule has 1 aromatic heterocycles. The standard InChI is InChI=1S/C39H38N4O6/c1-25(9-7-16-36(45)41-23-28-12-4-3-11-27(28)20-30(41)24-44)39(48)33-21-31(49-2)17-18-35(33)42(38(39)47)22-26-10-8-13-29(19-26)43-37(46)32-14-5-6-15-34(32)40-43/h3-15,17-19,21,25,30,40,44,48H,16,20,22-24H2,1-2H3/b9-7+/t25-,30+,39+/m1/s1. The second-order valence-electron chi connectivity index (χ2n) is 12.8. The van der Waals surface area contributed by atoms with E-state index in [0.29, 0.717) is 41.0 Å². The average Bonchev–Trinajstić information content (AvgIpc) is 3.58. The summed E-state index contributed by atoms with van der Waals surface area (Å²) in [6.07, 6.45) is 4.04. The number of nitrogens with one attached hydrogen (secondary N) is 1. The predicted octanol–water partition coefficient (Wildman–Crippen LogP) is 4.59. The molecule has 4 aromatic carbocycles. The van der Waals surface area contributed by atoms with Gasteiger partial charge >= 0.3 is 0 Å². The molecule has 0 radical (unpaired) electrons. The van der Waals surface area contributed by atoms with Gasteiger partial charge < -0.3 is 24.7 Å². The molecule has 10 heteroatoms. The third-order valence-corrected chi connectivity index (χ3v) is 9.84. The van der Waals surface area contributed by atoms with Gasteiger partial charge in [-0.25, -0.2) is 4.68 Å². The van der Waals surface area contributed by atoms with Gasteiger partial charge in [0.2, 0.25) is 5.91 Å². The fraction of sp³-hybridized carbons (Fsp3) is 0.256. The highest BCUT2D eigenvalue weighted by Crippen LogP contribution is 2.47. The molecule has 0 bridgehead atoms. The van der Waals surface area contributed by atoms with Crippen LogP contribution in [0.2, 0.25) is 0 Å². The number of aromatic nitrogens is 2. The number of carbonyl (C=O) groups excluding carboxylic acids is 2. The fourth-order valence-corrected chi connectivity index (χ4v) is 7.10. The van der Waals surface area contributed by atoms with Crippen molar-refractivity contribution in [3.8, 4) is 11.4 Å². The third kappa shape index (κ3) is 5.62. The summed E-state index contributed by atoms with van der Waals surface area (Å²) in [7, 11) is 1.53. The number of anilines is 1. The Hall–Kier alpha value is -5.45. The van der Waals surface area contributed by atoms with E-state index in [0.717, 1.165) is 22.2 Å². The van der Waals surface area contributed by atoms with E-state index in [4.69, 9.17) is 4.74 Å². The molecule has 0 unspecified atom stereocenters. The lowest BCUT2D eigenvalue weighted by molar-refractivity contribution is -0.139. The lowest BCUT2D eigenvalue weighted by Gasteiger charge is -2.36. The van der Waals surface area contributed by atoms with Crippen LogP contribution in [-0.2, 0) is 34.7 Å². The van der Waals surface area contributed by atoms with Crippen molar-refractivity contribution in [1.82, 2.24) is 14.7 Å². The van der Waals surface area contributed by atoms with E-state index < -0.39 is 17.4 Å². The Kier molecular flexibility index (Phi) is 8.43. The molecule has 0 fully saturated rings. The molecule has 7 rings (SSSR count). The summed E-state index contributed by atoms with van der Waals surface area (Å²) in [5.41, 5.74) is 3.17. The highest BCUT2D eigenvalue weighted by molar-refractivity contribution is 6.07. The topological polar surface area (TPSA) is 128 Å². The SMILES string of the molecule is COc1ccc2c(c1)[C@@](O)([C@H](C)/C=C/CC(=O)N1Cc3ccccc3C[C@H]1CO)C(=O)N2Cc1cccc(-n2[nH]c3ccccc3c2=O)c1. The van der Waals surface area contributed by atoms with Gasteiger partial charge in [-0.05, 0) is 65.6 Å². The van der Waals surface area contributed by atoms with Crippen LogP contribution < -0.4 is 15.2 Å². The minimum atomic E-state index is -1.92. The zero-order valence-corrected chi connectivity index (χ0v) is 27.4. The Labute approximate surface area is 283 Å². The molecule has 0 aliphatic carbocycles. The Bertz CT molecular complexity index is 2150. The average molecular weight is 659 g/mol. The zero-order chi connectivity index (χ0) is 34.3. The first-order chi connectivity index (χ1) is 23.7. The van der Waals surface area contributed by atoms with Crippen molar-refractivity contribution in [1.29, 1.82) is 0 Å². The van der Waals surface area contributed by atoms with Crippen LogP contribution in [0.4, 0.5) is 5.69 Å². The minimum Gasteiger partial charge on any atom is -0.497 e. The van der Waals surface area contributed by atoms with E-state index in [-0.39, 0.29) is 37.1 Å². The van der Waals surface area contributed by atoms with E-state index in [1.165, 1.54) is 11.8 Å². The summed E-state index contributed by atoms with van der Waals surface area (Å²) in [4.78, 5) is 43.9. The Morgan fingerprint density at radius 2 is 1.80 bits per heavy atom. The third-order valence-electron chi connectivity index (χ3n) is 9.84.